The number of ether oxygens (including phenoxy) is 2. The summed E-state index contributed by atoms with van der Waals surface area (Å²) < 4.78 is 11.5. The molecule has 3 heterocycles. The third kappa shape index (κ3) is 6.07. The molecule has 2 saturated heterocycles. The lowest BCUT2D eigenvalue weighted by molar-refractivity contribution is -0.153. The molecule has 2 aliphatic heterocycles. The van der Waals surface area contributed by atoms with Crippen molar-refractivity contribution in [3.63, 3.8) is 0 Å². The van der Waals surface area contributed by atoms with Crippen LogP contribution in [0.1, 0.15) is 54.4 Å². The van der Waals surface area contributed by atoms with Crippen molar-refractivity contribution in [3.05, 3.63) is 52.7 Å². The van der Waals surface area contributed by atoms with E-state index in [2.05, 4.69) is 9.88 Å². The molecule has 2 fully saturated rings. The molecule has 4 rings (SSSR count). The number of aromatic nitrogens is 1. The molecule has 1 aromatic heterocycles. The minimum Gasteiger partial charge on any atom is -0.497 e. The summed E-state index contributed by atoms with van der Waals surface area (Å²) in [4.78, 5) is 35.9. The van der Waals surface area contributed by atoms with Gasteiger partial charge >= 0.3 is 0 Å². The zero-order chi connectivity index (χ0) is 27.3. The molecule has 0 saturated carbocycles. The van der Waals surface area contributed by atoms with E-state index in [1.165, 1.54) is 4.90 Å². The van der Waals surface area contributed by atoms with Gasteiger partial charge in [-0.05, 0) is 74.3 Å². The highest BCUT2D eigenvalue weighted by atomic mass is 35.5. The lowest BCUT2D eigenvalue weighted by atomic mass is 9.88. The first kappa shape index (κ1) is 28.2. The van der Waals surface area contributed by atoms with Crippen LogP contribution in [0.15, 0.2) is 36.4 Å². The van der Waals surface area contributed by atoms with Crippen LogP contribution in [0.4, 0.5) is 5.82 Å². The summed E-state index contributed by atoms with van der Waals surface area (Å²) in [5.74, 6) is 2.03. The van der Waals surface area contributed by atoms with E-state index in [4.69, 9.17) is 21.1 Å². The van der Waals surface area contributed by atoms with Gasteiger partial charge in [0.25, 0.3) is 11.8 Å². The van der Waals surface area contributed by atoms with Gasteiger partial charge in [0.1, 0.15) is 16.7 Å². The molecule has 206 valence electrons. The number of carbonyl (C=O) groups is 2. The summed E-state index contributed by atoms with van der Waals surface area (Å²) in [7, 11) is 6.92. The Bertz CT molecular complexity index is 1130. The second-order valence-corrected chi connectivity index (χ2v) is 10.9. The zero-order valence-corrected chi connectivity index (χ0v) is 23.7. The SMILES string of the molecule is COc1cccc(C2(C(=O)N(C)CCCC3CCN(c4ccc(C(=O)N(C)C)c(Cl)n4)CC3)CCCO2)c1. The van der Waals surface area contributed by atoms with E-state index in [1.807, 2.05) is 42.3 Å². The van der Waals surface area contributed by atoms with Gasteiger partial charge in [-0.2, -0.15) is 0 Å². The van der Waals surface area contributed by atoms with Crippen LogP contribution in [0.3, 0.4) is 0 Å². The maximum Gasteiger partial charge on any atom is 0.259 e. The van der Waals surface area contributed by atoms with Gasteiger partial charge in [-0.25, -0.2) is 4.98 Å². The standard InChI is InChI=1S/C29H39ClN4O4/c1-32(2)27(35)24-11-12-25(31-26(24)30)34-17-13-21(14-18-34)8-6-16-33(3)28(36)29(15-7-19-38-29)22-9-5-10-23(20-22)37-4/h5,9-12,20-21H,6-8,13-19H2,1-4H3. The van der Waals surface area contributed by atoms with Crippen LogP contribution in [-0.4, -0.2) is 81.1 Å². The largest absolute Gasteiger partial charge is 0.497 e. The number of rotatable bonds is 9. The number of hydrogen-bond donors (Lipinski definition) is 0. The fraction of sp³-hybridized carbons (Fsp3) is 0.552. The van der Waals surface area contributed by atoms with Crippen LogP contribution >= 0.6 is 11.6 Å². The van der Waals surface area contributed by atoms with Gasteiger partial charge in [-0.1, -0.05) is 23.7 Å². The molecule has 0 spiro atoms. The molecule has 2 amide bonds. The fourth-order valence-corrected chi connectivity index (χ4v) is 5.74. The van der Waals surface area contributed by atoms with Crippen molar-refractivity contribution < 1.29 is 19.1 Å². The van der Waals surface area contributed by atoms with E-state index < -0.39 is 5.60 Å². The quantitative estimate of drug-likeness (QED) is 0.431. The molecule has 1 atom stereocenters. The van der Waals surface area contributed by atoms with E-state index in [0.29, 0.717) is 31.1 Å². The summed E-state index contributed by atoms with van der Waals surface area (Å²) >= 11 is 6.32. The Hall–Kier alpha value is -2.84. The highest BCUT2D eigenvalue weighted by Crippen LogP contribution is 2.39. The smallest absolute Gasteiger partial charge is 0.259 e. The molecule has 0 N–H and O–H groups in total. The van der Waals surface area contributed by atoms with Crippen LogP contribution in [-0.2, 0) is 15.1 Å². The number of pyridine rings is 1. The number of piperidine rings is 1. The maximum absolute atomic E-state index is 13.6. The third-order valence-electron chi connectivity index (χ3n) is 7.76. The molecule has 38 heavy (non-hydrogen) atoms. The number of anilines is 1. The highest BCUT2D eigenvalue weighted by Gasteiger charge is 2.46. The molecule has 9 heteroatoms. The summed E-state index contributed by atoms with van der Waals surface area (Å²) in [5.41, 5.74) is 0.367. The predicted molar refractivity (Wildman–Crippen MR) is 149 cm³/mol. The number of halogens is 1. The Kier molecular flexibility index (Phi) is 9.15. The maximum atomic E-state index is 13.6. The Labute approximate surface area is 230 Å². The summed E-state index contributed by atoms with van der Waals surface area (Å²) in [6.45, 7) is 3.09. The van der Waals surface area contributed by atoms with Crippen LogP contribution in [0.5, 0.6) is 5.75 Å². The van der Waals surface area contributed by atoms with Gasteiger partial charge in [0, 0.05) is 47.4 Å². The van der Waals surface area contributed by atoms with Crippen LogP contribution in [0.25, 0.3) is 0 Å². The molecule has 1 unspecified atom stereocenters. The summed E-state index contributed by atoms with van der Waals surface area (Å²) in [6, 6.07) is 11.3. The number of carbonyl (C=O) groups excluding carboxylic acids is 2. The summed E-state index contributed by atoms with van der Waals surface area (Å²) in [5, 5.41) is 0.244. The van der Waals surface area contributed by atoms with Crippen LogP contribution < -0.4 is 9.64 Å². The first-order valence-corrected chi connectivity index (χ1v) is 13.8. The van der Waals surface area contributed by atoms with E-state index >= 15 is 0 Å². The first-order chi connectivity index (χ1) is 18.2. The van der Waals surface area contributed by atoms with Crippen LogP contribution in [0, 0.1) is 5.92 Å². The lowest BCUT2D eigenvalue weighted by Gasteiger charge is -2.34. The molecular formula is C29H39ClN4O4. The van der Waals surface area contributed by atoms with E-state index in [1.54, 1.807) is 27.3 Å². The molecule has 2 aliphatic rings. The van der Waals surface area contributed by atoms with Gasteiger partial charge in [-0.15, -0.1) is 0 Å². The van der Waals surface area contributed by atoms with Crippen molar-refractivity contribution >= 4 is 29.2 Å². The number of likely N-dealkylation sites (N-methyl/N-ethyl adjacent to an activating group) is 1. The Morgan fingerprint density at radius 3 is 2.58 bits per heavy atom. The van der Waals surface area contributed by atoms with Gasteiger partial charge in [0.05, 0.1) is 12.7 Å². The Morgan fingerprint density at radius 2 is 1.95 bits per heavy atom. The first-order valence-electron chi connectivity index (χ1n) is 13.4. The van der Waals surface area contributed by atoms with E-state index in [0.717, 1.165) is 62.3 Å². The number of amides is 2. The second kappa shape index (κ2) is 12.3. The fourth-order valence-electron chi connectivity index (χ4n) is 5.51. The average Bonchev–Trinajstić information content (AvgIpc) is 3.44. The summed E-state index contributed by atoms with van der Waals surface area (Å²) in [6.07, 6.45) is 5.70. The molecule has 2 aromatic rings. The number of nitrogens with zero attached hydrogens (tertiary/aromatic N) is 4. The Morgan fingerprint density at radius 1 is 1.18 bits per heavy atom. The monoisotopic (exact) mass is 542 g/mol. The average molecular weight is 543 g/mol. The van der Waals surface area contributed by atoms with Crippen molar-refractivity contribution in [3.8, 4) is 5.75 Å². The van der Waals surface area contributed by atoms with E-state index in [9.17, 15) is 9.59 Å². The van der Waals surface area contributed by atoms with Gasteiger partial charge < -0.3 is 24.2 Å². The second-order valence-electron chi connectivity index (χ2n) is 10.5. The minimum absolute atomic E-state index is 0.0252. The Balaban J connectivity index is 1.27. The number of benzene rings is 1. The topological polar surface area (TPSA) is 75.2 Å². The molecule has 1 aromatic carbocycles. The number of methoxy groups -OCH3 is 1. The normalized spacial score (nSPS) is 19.9. The van der Waals surface area contributed by atoms with Gasteiger partial charge in [0.2, 0.25) is 0 Å². The predicted octanol–water partition coefficient (Wildman–Crippen LogP) is 4.61. The zero-order valence-electron chi connectivity index (χ0n) is 22.9. The molecule has 0 radical (unpaired) electrons. The van der Waals surface area contributed by atoms with Gasteiger partial charge in [0.15, 0.2) is 5.60 Å². The van der Waals surface area contributed by atoms with Gasteiger partial charge in [-0.3, -0.25) is 9.59 Å². The van der Waals surface area contributed by atoms with Crippen LogP contribution in [0.2, 0.25) is 5.15 Å². The lowest BCUT2D eigenvalue weighted by Crippen LogP contribution is -2.45. The van der Waals surface area contributed by atoms with Crippen molar-refractivity contribution in [1.29, 1.82) is 0 Å². The van der Waals surface area contributed by atoms with E-state index in [-0.39, 0.29) is 17.0 Å². The van der Waals surface area contributed by atoms with Crippen molar-refractivity contribution in [2.75, 3.05) is 59.4 Å². The molecule has 0 aliphatic carbocycles. The number of hydrogen-bond acceptors (Lipinski definition) is 6. The van der Waals surface area contributed by atoms with Crippen molar-refractivity contribution in [2.45, 2.75) is 44.1 Å². The third-order valence-corrected chi connectivity index (χ3v) is 8.05. The molecule has 0 bridgehead atoms. The molecular weight excluding hydrogens is 504 g/mol. The van der Waals surface area contributed by atoms with Crippen molar-refractivity contribution in [2.24, 2.45) is 5.92 Å². The minimum atomic E-state index is -0.921. The highest BCUT2D eigenvalue weighted by molar-refractivity contribution is 6.32. The molecule has 8 nitrogen and oxygen atoms in total. The van der Waals surface area contributed by atoms with Crippen molar-refractivity contribution in [1.82, 2.24) is 14.8 Å².